The average molecular weight is 470 g/mol. The number of hydrogen-bond acceptors (Lipinski definition) is 8. The van der Waals surface area contributed by atoms with Crippen molar-refractivity contribution >= 4 is 35.1 Å². The summed E-state index contributed by atoms with van der Waals surface area (Å²) in [5.41, 5.74) is 7.73. The van der Waals surface area contributed by atoms with E-state index in [-0.39, 0.29) is 34.3 Å². The van der Waals surface area contributed by atoms with Gasteiger partial charge in [0, 0.05) is 12.0 Å². The molecule has 3 aromatic rings. The third-order valence-corrected chi connectivity index (χ3v) is 6.41. The van der Waals surface area contributed by atoms with Crippen molar-refractivity contribution in [1.29, 1.82) is 10.5 Å². The molecular formula is C25H19N5O3S. The number of hydrogen-bond donors (Lipinski definition) is 1. The number of pyridine rings is 1. The minimum Gasteiger partial charge on any atom is -0.494 e. The zero-order valence-corrected chi connectivity index (χ0v) is 19.0. The summed E-state index contributed by atoms with van der Waals surface area (Å²) in [7, 11) is 0. The standard InChI is InChI=1S/C25H19N5O3S/c1-2-33-17-10-8-16(9-11-17)30-21(31)12-20(25(30)32)34-24-19(14-27)22(15-6-4-3-5-7-15)18(13-26)23(28)29-24/h3-11,20H,2,12H2,1H3,(H2,28,29). The first kappa shape index (κ1) is 22.8. The van der Waals surface area contributed by atoms with Gasteiger partial charge in [-0.3, -0.25) is 9.59 Å². The Labute approximate surface area is 200 Å². The fourth-order valence-electron chi connectivity index (χ4n) is 3.74. The zero-order chi connectivity index (χ0) is 24.2. The molecular weight excluding hydrogens is 450 g/mol. The molecule has 2 N–H and O–H groups in total. The van der Waals surface area contributed by atoms with Crippen LogP contribution in [0.1, 0.15) is 24.5 Å². The van der Waals surface area contributed by atoms with Crippen molar-refractivity contribution in [2.24, 2.45) is 0 Å². The summed E-state index contributed by atoms with van der Waals surface area (Å²) < 4.78 is 5.41. The first-order valence-corrected chi connectivity index (χ1v) is 11.3. The number of amides is 2. The molecule has 0 radical (unpaired) electrons. The summed E-state index contributed by atoms with van der Waals surface area (Å²) >= 11 is 1.01. The number of nitrogens with zero attached hydrogens (tertiary/aromatic N) is 4. The third kappa shape index (κ3) is 4.17. The van der Waals surface area contributed by atoms with E-state index in [0.717, 1.165) is 16.7 Å². The molecule has 8 nitrogen and oxygen atoms in total. The van der Waals surface area contributed by atoms with E-state index in [1.165, 1.54) is 0 Å². The molecule has 2 heterocycles. The molecule has 1 aromatic heterocycles. The van der Waals surface area contributed by atoms with Gasteiger partial charge >= 0.3 is 0 Å². The van der Waals surface area contributed by atoms with Crippen molar-refractivity contribution in [2.75, 3.05) is 17.2 Å². The Morgan fingerprint density at radius 1 is 1.09 bits per heavy atom. The largest absolute Gasteiger partial charge is 0.494 e. The number of anilines is 2. The number of nitrogen functional groups attached to an aromatic ring is 1. The minimum absolute atomic E-state index is 0.0389. The lowest BCUT2D eigenvalue weighted by Crippen LogP contribution is -2.31. The monoisotopic (exact) mass is 469 g/mol. The fourth-order valence-corrected chi connectivity index (χ4v) is 4.86. The smallest absolute Gasteiger partial charge is 0.247 e. The third-order valence-electron chi connectivity index (χ3n) is 5.24. The molecule has 1 atom stereocenters. The molecule has 2 amide bonds. The second-order valence-electron chi connectivity index (χ2n) is 7.32. The molecule has 1 aliphatic heterocycles. The van der Waals surface area contributed by atoms with Crippen LogP contribution in [0.3, 0.4) is 0 Å². The molecule has 34 heavy (non-hydrogen) atoms. The average Bonchev–Trinajstić information content (AvgIpc) is 3.12. The van der Waals surface area contributed by atoms with Crippen molar-refractivity contribution in [3.05, 3.63) is 65.7 Å². The van der Waals surface area contributed by atoms with Crippen LogP contribution in [0.5, 0.6) is 5.75 Å². The van der Waals surface area contributed by atoms with Crippen molar-refractivity contribution in [3.63, 3.8) is 0 Å². The number of imide groups is 1. The van der Waals surface area contributed by atoms with Crippen LogP contribution >= 0.6 is 11.8 Å². The van der Waals surface area contributed by atoms with Crippen LogP contribution in [0.25, 0.3) is 11.1 Å². The first-order valence-electron chi connectivity index (χ1n) is 10.4. The van der Waals surface area contributed by atoms with E-state index in [0.29, 0.717) is 29.2 Å². The van der Waals surface area contributed by atoms with Crippen LogP contribution in [0.15, 0.2) is 59.6 Å². The predicted octanol–water partition coefficient (Wildman–Crippen LogP) is 3.90. The van der Waals surface area contributed by atoms with Crippen molar-refractivity contribution in [2.45, 2.75) is 23.6 Å². The number of benzene rings is 2. The second kappa shape index (κ2) is 9.65. The van der Waals surface area contributed by atoms with Gasteiger partial charge in [-0.2, -0.15) is 10.5 Å². The molecule has 1 fully saturated rings. The Morgan fingerprint density at radius 3 is 2.38 bits per heavy atom. The highest BCUT2D eigenvalue weighted by molar-refractivity contribution is 8.00. The lowest BCUT2D eigenvalue weighted by atomic mass is 9.97. The van der Waals surface area contributed by atoms with Crippen LogP contribution in [-0.4, -0.2) is 28.7 Å². The number of carbonyl (C=O) groups is 2. The number of carbonyl (C=O) groups excluding carboxylic acids is 2. The molecule has 1 unspecified atom stereocenters. The van der Waals surface area contributed by atoms with E-state index >= 15 is 0 Å². The van der Waals surface area contributed by atoms with Gasteiger partial charge in [0.15, 0.2) is 0 Å². The summed E-state index contributed by atoms with van der Waals surface area (Å²) in [5, 5.41) is 19.0. The van der Waals surface area contributed by atoms with Crippen LogP contribution in [0.4, 0.5) is 11.5 Å². The van der Waals surface area contributed by atoms with E-state index in [1.807, 2.05) is 19.1 Å². The van der Waals surface area contributed by atoms with E-state index in [2.05, 4.69) is 11.1 Å². The summed E-state index contributed by atoms with van der Waals surface area (Å²) in [6, 6.07) is 19.8. The summed E-state index contributed by atoms with van der Waals surface area (Å²) in [6.07, 6.45) is -0.0517. The minimum atomic E-state index is -0.783. The van der Waals surface area contributed by atoms with Crippen molar-refractivity contribution < 1.29 is 14.3 Å². The van der Waals surface area contributed by atoms with Gasteiger partial charge in [0.05, 0.1) is 23.1 Å². The predicted molar refractivity (Wildman–Crippen MR) is 128 cm³/mol. The molecule has 4 rings (SSSR count). The van der Waals surface area contributed by atoms with Gasteiger partial charge in [-0.15, -0.1) is 0 Å². The summed E-state index contributed by atoms with van der Waals surface area (Å²) in [5.74, 6) is -0.160. The Hall–Kier alpha value is -4.34. The van der Waals surface area contributed by atoms with Crippen LogP contribution < -0.4 is 15.4 Å². The topological polar surface area (TPSA) is 133 Å². The van der Waals surface area contributed by atoms with Crippen LogP contribution in [0.2, 0.25) is 0 Å². The lowest BCUT2D eigenvalue weighted by molar-refractivity contribution is -0.121. The number of nitrogens with two attached hydrogens (primary N) is 1. The highest BCUT2D eigenvalue weighted by Crippen LogP contribution is 2.40. The second-order valence-corrected chi connectivity index (χ2v) is 8.51. The Kier molecular flexibility index (Phi) is 6.48. The molecule has 2 aromatic carbocycles. The van der Waals surface area contributed by atoms with Gasteiger partial charge < -0.3 is 10.5 Å². The molecule has 1 saturated heterocycles. The molecule has 168 valence electrons. The molecule has 0 aliphatic carbocycles. The first-order chi connectivity index (χ1) is 16.5. The summed E-state index contributed by atoms with van der Waals surface area (Å²) in [6.45, 7) is 2.37. The maximum atomic E-state index is 13.2. The van der Waals surface area contributed by atoms with Crippen LogP contribution in [-0.2, 0) is 9.59 Å². The van der Waals surface area contributed by atoms with Gasteiger partial charge in [0.25, 0.3) is 0 Å². The van der Waals surface area contributed by atoms with Gasteiger partial charge in [0.1, 0.15) is 34.3 Å². The van der Waals surface area contributed by atoms with E-state index in [9.17, 15) is 20.1 Å². The van der Waals surface area contributed by atoms with E-state index < -0.39 is 11.2 Å². The van der Waals surface area contributed by atoms with Gasteiger partial charge in [-0.05, 0) is 36.8 Å². The fraction of sp³-hybridized carbons (Fsp3) is 0.160. The van der Waals surface area contributed by atoms with Crippen LogP contribution in [0, 0.1) is 22.7 Å². The molecule has 0 bridgehead atoms. The number of aromatic nitrogens is 1. The Balaban J connectivity index is 1.69. The van der Waals surface area contributed by atoms with Gasteiger partial charge in [0.2, 0.25) is 11.8 Å². The number of thioether (sulfide) groups is 1. The summed E-state index contributed by atoms with van der Waals surface area (Å²) in [4.78, 5) is 31.2. The quantitative estimate of drug-likeness (QED) is 0.538. The highest BCUT2D eigenvalue weighted by Gasteiger charge is 2.41. The molecule has 1 aliphatic rings. The maximum absolute atomic E-state index is 13.2. The normalized spacial score (nSPS) is 15.1. The maximum Gasteiger partial charge on any atom is 0.247 e. The van der Waals surface area contributed by atoms with Crippen molar-refractivity contribution in [3.8, 4) is 29.0 Å². The zero-order valence-electron chi connectivity index (χ0n) is 18.2. The van der Waals surface area contributed by atoms with E-state index in [4.69, 9.17) is 10.5 Å². The molecule has 0 saturated carbocycles. The van der Waals surface area contributed by atoms with Gasteiger partial charge in [-0.1, -0.05) is 42.1 Å². The molecule has 0 spiro atoms. The lowest BCUT2D eigenvalue weighted by Gasteiger charge is -2.16. The number of nitriles is 2. The Bertz CT molecular complexity index is 1340. The number of rotatable bonds is 6. The Morgan fingerprint density at radius 2 is 1.76 bits per heavy atom. The highest BCUT2D eigenvalue weighted by atomic mass is 32.2. The van der Waals surface area contributed by atoms with Gasteiger partial charge in [-0.25, -0.2) is 9.88 Å². The van der Waals surface area contributed by atoms with Crippen molar-refractivity contribution in [1.82, 2.24) is 4.98 Å². The molecule has 9 heteroatoms. The SMILES string of the molecule is CCOc1ccc(N2C(=O)CC(Sc3nc(N)c(C#N)c(-c4ccccc4)c3C#N)C2=O)cc1. The number of ether oxygens (including phenoxy) is 1. The van der Waals surface area contributed by atoms with E-state index in [1.54, 1.807) is 48.5 Å².